The summed E-state index contributed by atoms with van der Waals surface area (Å²) in [6, 6.07) is 3.86. The van der Waals surface area contributed by atoms with Gasteiger partial charge in [0, 0.05) is 18.8 Å². The fraction of sp³-hybridized carbons (Fsp3) is 0.250. The van der Waals surface area contributed by atoms with Crippen molar-refractivity contribution in [3.8, 4) is 0 Å². The molecule has 0 saturated heterocycles. The highest BCUT2D eigenvalue weighted by atomic mass is 79.9. The van der Waals surface area contributed by atoms with Crippen LogP contribution in [0.2, 0.25) is 0 Å². The molecular formula is C12H13BrN4S. The maximum absolute atomic E-state index is 4.47. The van der Waals surface area contributed by atoms with Gasteiger partial charge >= 0.3 is 0 Å². The summed E-state index contributed by atoms with van der Waals surface area (Å²) in [6.07, 6.45) is 1.77. The van der Waals surface area contributed by atoms with Crippen LogP contribution < -0.4 is 5.32 Å². The number of rotatable bonds is 3. The molecule has 0 aliphatic heterocycles. The molecule has 0 unspecified atom stereocenters. The van der Waals surface area contributed by atoms with E-state index in [0.717, 1.165) is 31.7 Å². The number of aromatic nitrogens is 3. The number of halogens is 1. The topological polar surface area (TPSA) is 50.7 Å². The molecule has 1 N–H and O–H groups in total. The molecular weight excluding hydrogens is 312 g/mol. The summed E-state index contributed by atoms with van der Waals surface area (Å²) in [5.74, 6) is 1.61. The summed E-state index contributed by atoms with van der Waals surface area (Å²) in [5, 5.41) is 4.91. The Morgan fingerprint density at radius 2 is 2.00 bits per heavy atom. The van der Waals surface area contributed by atoms with E-state index in [2.05, 4.69) is 36.2 Å². The van der Waals surface area contributed by atoms with Gasteiger partial charge in [0.2, 0.25) is 0 Å². The monoisotopic (exact) mass is 324 g/mol. The van der Waals surface area contributed by atoms with Gasteiger partial charge in [0.15, 0.2) is 0 Å². The Kier molecular flexibility index (Phi) is 4.19. The lowest BCUT2D eigenvalue weighted by Crippen LogP contribution is -2.02. The van der Waals surface area contributed by atoms with Gasteiger partial charge in [0.25, 0.3) is 0 Å². The molecule has 0 aromatic carbocycles. The number of nitrogens with one attached hydrogen (secondary N) is 1. The number of pyridine rings is 1. The average molecular weight is 325 g/mol. The molecule has 2 rings (SSSR count). The van der Waals surface area contributed by atoms with Gasteiger partial charge in [-0.15, -0.1) is 0 Å². The van der Waals surface area contributed by atoms with E-state index >= 15 is 0 Å². The SMILES string of the molecule is CNc1nc(C)nc(Sc2ncccc2Br)c1C. The van der Waals surface area contributed by atoms with Crippen molar-refractivity contribution in [3.63, 3.8) is 0 Å². The van der Waals surface area contributed by atoms with Gasteiger partial charge < -0.3 is 5.32 Å². The predicted molar refractivity (Wildman–Crippen MR) is 77.1 cm³/mol. The summed E-state index contributed by atoms with van der Waals surface area (Å²) in [4.78, 5) is 13.2. The van der Waals surface area contributed by atoms with Crippen LogP contribution in [0.3, 0.4) is 0 Å². The Morgan fingerprint density at radius 3 is 2.67 bits per heavy atom. The zero-order valence-corrected chi connectivity index (χ0v) is 12.8. The molecule has 0 bridgehead atoms. The van der Waals surface area contributed by atoms with Crippen LogP contribution in [-0.2, 0) is 0 Å². The third-order valence-corrected chi connectivity index (χ3v) is 4.38. The third kappa shape index (κ3) is 2.81. The van der Waals surface area contributed by atoms with Crippen molar-refractivity contribution in [2.45, 2.75) is 23.9 Å². The van der Waals surface area contributed by atoms with Crippen LogP contribution >= 0.6 is 27.7 Å². The molecule has 4 nitrogen and oxygen atoms in total. The second-order valence-electron chi connectivity index (χ2n) is 3.69. The lowest BCUT2D eigenvalue weighted by Gasteiger charge is -2.10. The first-order chi connectivity index (χ1) is 8.61. The van der Waals surface area contributed by atoms with Crippen LogP contribution in [0.1, 0.15) is 11.4 Å². The zero-order valence-electron chi connectivity index (χ0n) is 10.4. The van der Waals surface area contributed by atoms with Gasteiger partial charge in [-0.1, -0.05) is 0 Å². The molecule has 0 radical (unpaired) electrons. The Bertz CT molecular complexity index is 574. The standard InChI is InChI=1S/C12H13BrN4S/c1-7-10(14-3)16-8(2)17-11(7)18-12-9(13)5-4-6-15-12/h4-6H,1-3H3,(H,14,16,17). The first-order valence-electron chi connectivity index (χ1n) is 5.43. The molecule has 2 aromatic rings. The first-order valence-corrected chi connectivity index (χ1v) is 7.04. The Morgan fingerprint density at radius 1 is 1.22 bits per heavy atom. The fourth-order valence-electron chi connectivity index (χ4n) is 1.48. The van der Waals surface area contributed by atoms with E-state index in [4.69, 9.17) is 0 Å². The molecule has 0 fully saturated rings. The molecule has 0 aliphatic carbocycles. The highest BCUT2D eigenvalue weighted by Gasteiger charge is 2.11. The van der Waals surface area contributed by atoms with Gasteiger partial charge in [-0.2, -0.15) is 0 Å². The van der Waals surface area contributed by atoms with E-state index < -0.39 is 0 Å². The molecule has 0 spiro atoms. The van der Waals surface area contributed by atoms with Gasteiger partial charge in [0.05, 0.1) is 4.47 Å². The summed E-state index contributed by atoms with van der Waals surface area (Å²) in [7, 11) is 1.86. The lowest BCUT2D eigenvalue weighted by molar-refractivity contribution is 0.937. The lowest BCUT2D eigenvalue weighted by atomic mass is 10.3. The number of hydrogen-bond donors (Lipinski definition) is 1. The third-order valence-electron chi connectivity index (χ3n) is 2.37. The Hall–Kier alpha value is -1.14. The van der Waals surface area contributed by atoms with Gasteiger partial charge in [-0.3, -0.25) is 0 Å². The minimum absolute atomic E-state index is 0.750. The molecule has 2 heterocycles. The molecule has 0 saturated carbocycles. The number of aryl methyl sites for hydroxylation is 1. The molecule has 2 aromatic heterocycles. The largest absolute Gasteiger partial charge is 0.373 e. The van der Waals surface area contributed by atoms with Crippen LogP contribution in [0.5, 0.6) is 0 Å². The van der Waals surface area contributed by atoms with E-state index in [1.165, 1.54) is 11.8 Å². The number of anilines is 1. The summed E-state index contributed by atoms with van der Waals surface area (Å²) in [6.45, 7) is 3.89. The van der Waals surface area contributed by atoms with E-state index in [1.54, 1.807) is 6.20 Å². The van der Waals surface area contributed by atoms with E-state index in [0.29, 0.717) is 0 Å². The number of nitrogens with zero attached hydrogens (tertiary/aromatic N) is 3. The van der Waals surface area contributed by atoms with E-state index in [1.807, 2.05) is 33.0 Å². The minimum Gasteiger partial charge on any atom is -0.373 e. The van der Waals surface area contributed by atoms with Gasteiger partial charge in [-0.05, 0) is 53.7 Å². The van der Waals surface area contributed by atoms with Crippen LogP contribution in [0.15, 0.2) is 32.9 Å². The van der Waals surface area contributed by atoms with Crippen LogP contribution in [-0.4, -0.2) is 22.0 Å². The highest BCUT2D eigenvalue weighted by Crippen LogP contribution is 2.33. The fourth-order valence-corrected chi connectivity index (χ4v) is 2.87. The smallest absolute Gasteiger partial charge is 0.133 e. The van der Waals surface area contributed by atoms with Crippen LogP contribution in [0.25, 0.3) is 0 Å². The van der Waals surface area contributed by atoms with Gasteiger partial charge in [-0.25, -0.2) is 15.0 Å². The van der Waals surface area contributed by atoms with Gasteiger partial charge in [0.1, 0.15) is 21.7 Å². The van der Waals surface area contributed by atoms with Crippen LogP contribution in [0, 0.1) is 13.8 Å². The summed E-state index contributed by atoms with van der Waals surface area (Å²) in [5.41, 5.74) is 1.03. The summed E-state index contributed by atoms with van der Waals surface area (Å²) < 4.78 is 0.969. The Balaban J connectivity index is 2.40. The predicted octanol–water partition coefficient (Wildman–Crippen LogP) is 3.44. The zero-order chi connectivity index (χ0) is 13.1. The molecule has 6 heteroatoms. The average Bonchev–Trinajstić information content (AvgIpc) is 2.36. The van der Waals surface area contributed by atoms with Crippen molar-refractivity contribution in [2.75, 3.05) is 12.4 Å². The van der Waals surface area contributed by atoms with Crippen LogP contribution in [0.4, 0.5) is 5.82 Å². The maximum atomic E-state index is 4.47. The normalized spacial score (nSPS) is 10.4. The molecule has 0 aliphatic rings. The molecule has 0 amide bonds. The molecule has 0 atom stereocenters. The Labute approximate surface area is 119 Å². The highest BCUT2D eigenvalue weighted by molar-refractivity contribution is 9.10. The maximum Gasteiger partial charge on any atom is 0.133 e. The van der Waals surface area contributed by atoms with Crippen molar-refractivity contribution in [1.29, 1.82) is 0 Å². The molecule has 94 valence electrons. The summed E-state index contributed by atoms with van der Waals surface area (Å²) >= 11 is 5.03. The van der Waals surface area contributed by atoms with Crippen molar-refractivity contribution >= 4 is 33.5 Å². The van der Waals surface area contributed by atoms with Crippen molar-refractivity contribution in [3.05, 3.63) is 34.2 Å². The van der Waals surface area contributed by atoms with Crippen molar-refractivity contribution in [2.24, 2.45) is 0 Å². The minimum atomic E-state index is 0.750. The van der Waals surface area contributed by atoms with E-state index in [9.17, 15) is 0 Å². The number of hydrogen-bond acceptors (Lipinski definition) is 5. The van der Waals surface area contributed by atoms with Crippen molar-refractivity contribution < 1.29 is 0 Å². The quantitative estimate of drug-likeness (QED) is 0.876. The second-order valence-corrected chi connectivity index (χ2v) is 5.52. The van der Waals surface area contributed by atoms with Crippen molar-refractivity contribution in [1.82, 2.24) is 15.0 Å². The first kappa shape index (κ1) is 13.3. The van der Waals surface area contributed by atoms with E-state index in [-0.39, 0.29) is 0 Å². The second kappa shape index (κ2) is 5.67. The molecule has 18 heavy (non-hydrogen) atoms.